The standard InChI is InChI=1S/C23H30N2O2/c1-5-20-10-6-7-12-22(20)27-19(4)23(26)25-15-13-24(14-16-25)21-11-8-9-17(2)18(21)3/h6-12,19H,5,13-16H2,1-4H3. The first-order chi connectivity index (χ1) is 13.0. The van der Waals surface area contributed by atoms with Crippen LogP contribution in [0, 0.1) is 13.8 Å². The summed E-state index contributed by atoms with van der Waals surface area (Å²) in [5.74, 6) is 0.886. The number of ether oxygens (including phenoxy) is 1. The Morgan fingerprint density at radius 1 is 1.04 bits per heavy atom. The largest absolute Gasteiger partial charge is 0.481 e. The van der Waals surface area contributed by atoms with Crippen LogP contribution >= 0.6 is 0 Å². The van der Waals surface area contributed by atoms with Gasteiger partial charge in [0.25, 0.3) is 5.91 Å². The molecule has 1 saturated heterocycles. The Hall–Kier alpha value is -2.49. The SMILES string of the molecule is CCc1ccccc1OC(C)C(=O)N1CCN(c2cccc(C)c2C)CC1. The maximum Gasteiger partial charge on any atom is 0.263 e. The predicted octanol–water partition coefficient (Wildman–Crippen LogP) is 3.98. The van der Waals surface area contributed by atoms with E-state index in [2.05, 4.69) is 49.9 Å². The smallest absolute Gasteiger partial charge is 0.263 e. The minimum absolute atomic E-state index is 0.0709. The summed E-state index contributed by atoms with van der Waals surface area (Å²) < 4.78 is 5.99. The highest BCUT2D eigenvalue weighted by atomic mass is 16.5. The molecular weight excluding hydrogens is 336 g/mol. The fourth-order valence-electron chi connectivity index (χ4n) is 3.65. The van der Waals surface area contributed by atoms with Crippen LogP contribution in [0.2, 0.25) is 0 Å². The van der Waals surface area contributed by atoms with Crippen molar-refractivity contribution in [2.24, 2.45) is 0 Å². The zero-order valence-electron chi connectivity index (χ0n) is 16.9. The number of anilines is 1. The first-order valence-electron chi connectivity index (χ1n) is 9.85. The maximum atomic E-state index is 12.8. The van der Waals surface area contributed by atoms with Crippen LogP contribution in [-0.4, -0.2) is 43.1 Å². The molecule has 1 heterocycles. The summed E-state index contributed by atoms with van der Waals surface area (Å²) in [6.45, 7) is 11.4. The average Bonchev–Trinajstić information content (AvgIpc) is 2.70. The molecule has 0 radical (unpaired) electrons. The number of aryl methyl sites for hydroxylation is 2. The van der Waals surface area contributed by atoms with E-state index >= 15 is 0 Å². The molecule has 1 fully saturated rings. The molecule has 0 spiro atoms. The van der Waals surface area contributed by atoms with E-state index in [0.717, 1.165) is 43.9 Å². The van der Waals surface area contributed by atoms with Gasteiger partial charge in [0, 0.05) is 31.9 Å². The summed E-state index contributed by atoms with van der Waals surface area (Å²) in [5.41, 5.74) is 5.05. The molecule has 4 nitrogen and oxygen atoms in total. The number of hydrogen-bond donors (Lipinski definition) is 0. The first-order valence-corrected chi connectivity index (χ1v) is 9.85. The average molecular weight is 367 g/mol. The molecule has 1 unspecified atom stereocenters. The van der Waals surface area contributed by atoms with Gasteiger partial charge in [-0.2, -0.15) is 0 Å². The van der Waals surface area contributed by atoms with E-state index in [0.29, 0.717) is 0 Å². The summed E-state index contributed by atoms with van der Waals surface area (Å²) in [5, 5.41) is 0. The van der Waals surface area contributed by atoms with Crippen LogP contribution in [0.4, 0.5) is 5.69 Å². The lowest BCUT2D eigenvalue weighted by Crippen LogP contribution is -2.52. The fourth-order valence-corrected chi connectivity index (χ4v) is 3.65. The number of amides is 1. The van der Waals surface area contributed by atoms with Crippen molar-refractivity contribution < 1.29 is 9.53 Å². The van der Waals surface area contributed by atoms with E-state index in [1.807, 2.05) is 30.0 Å². The van der Waals surface area contributed by atoms with Gasteiger partial charge in [0.15, 0.2) is 6.10 Å². The van der Waals surface area contributed by atoms with Crippen LogP contribution in [0.1, 0.15) is 30.5 Å². The van der Waals surface area contributed by atoms with Crippen molar-refractivity contribution in [1.29, 1.82) is 0 Å². The van der Waals surface area contributed by atoms with Crippen molar-refractivity contribution in [3.63, 3.8) is 0 Å². The Labute approximate surface area is 162 Å². The number of para-hydroxylation sites is 1. The zero-order chi connectivity index (χ0) is 19.4. The second-order valence-corrected chi connectivity index (χ2v) is 7.25. The van der Waals surface area contributed by atoms with Gasteiger partial charge in [0.1, 0.15) is 5.75 Å². The van der Waals surface area contributed by atoms with Crippen LogP contribution in [0.15, 0.2) is 42.5 Å². The van der Waals surface area contributed by atoms with Gasteiger partial charge in [-0.3, -0.25) is 4.79 Å². The third-order valence-corrected chi connectivity index (χ3v) is 5.51. The lowest BCUT2D eigenvalue weighted by Gasteiger charge is -2.38. The Kier molecular flexibility index (Phi) is 6.04. The molecule has 144 valence electrons. The normalized spacial score (nSPS) is 15.6. The van der Waals surface area contributed by atoms with Crippen molar-refractivity contribution in [3.05, 3.63) is 59.2 Å². The van der Waals surface area contributed by atoms with Crippen LogP contribution in [-0.2, 0) is 11.2 Å². The van der Waals surface area contributed by atoms with E-state index < -0.39 is 6.10 Å². The molecule has 1 amide bonds. The quantitative estimate of drug-likeness (QED) is 0.802. The molecule has 1 aliphatic heterocycles. The van der Waals surface area contributed by atoms with Crippen molar-refractivity contribution in [1.82, 2.24) is 4.90 Å². The molecule has 4 heteroatoms. The second-order valence-electron chi connectivity index (χ2n) is 7.25. The molecule has 0 aromatic heterocycles. The summed E-state index contributed by atoms with van der Waals surface area (Å²) in [4.78, 5) is 17.2. The van der Waals surface area contributed by atoms with Crippen molar-refractivity contribution in [2.75, 3.05) is 31.1 Å². The molecule has 0 aliphatic carbocycles. The maximum absolute atomic E-state index is 12.8. The molecule has 0 bridgehead atoms. The Morgan fingerprint density at radius 3 is 2.44 bits per heavy atom. The van der Waals surface area contributed by atoms with Crippen molar-refractivity contribution in [2.45, 2.75) is 40.2 Å². The topological polar surface area (TPSA) is 32.8 Å². The van der Waals surface area contributed by atoms with Crippen molar-refractivity contribution >= 4 is 11.6 Å². The highest BCUT2D eigenvalue weighted by Crippen LogP contribution is 2.24. The van der Waals surface area contributed by atoms with Gasteiger partial charge < -0.3 is 14.5 Å². The van der Waals surface area contributed by atoms with E-state index in [4.69, 9.17) is 4.74 Å². The van der Waals surface area contributed by atoms with Crippen molar-refractivity contribution in [3.8, 4) is 5.75 Å². The first kappa shape index (κ1) is 19.3. The lowest BCUT2D eigenvalue weighted by molar-refractivity contribution is -0.138. The molecule has 0 N–H and O–H groups in total. The minimum Gasteiger partial charge on any atom is -0.481 e. The Morgan fingerprint density at radius 2 is 1.74 bits per heavy atom. The highest BCUT2D eigenvalue weighted by Gasteiger charge is 2.27. The van der Waals surface area contributed by atoms with Gasteiger partial charge >= 0.3 is 0 Å². The van der Waals surface area contributed by atoms with Gasteiger partial charge in [-0.15, -0.1) is 0 Å². The number of carbonyl (C=O) groups excluding carboxylic acids is 1. The number of nitrogens with zero attached hydrogens (tertiary/aromatic N) is 2. The summed E-state index contributed by atoms with van der Waals surface area (Å²) >= 11 is 0. The van der Waals surface area contributed by atoms with Gasteiger partial charge in [-0.1, -0.05) is 37.3 Å². The third kappa shape index (κ3) is 4.26. The zero-order valence-corrected chi connectivity index (χ0v) is 16.9. The summed E-state index contributed by atoms with van der Waals surface area (Å²) in [6, 6.07) is 14.4. The van der Waals surface area contributed by atoms with Gasteiger partial charge in [0.2, 0.25) is 0 Å². The minimum atomic E-state index is -0.468. The Balaban J connectivity index is 1.60. The van der Waals surface area contributed by atoms with Gasteiger partial charge in [-0.05, 0) is 56.0 Å². The Bertz CT molecular complexity index is 795. The molecular formula is C23H30N2O2. The molecule has 27 heavy (non-hydrogen) atoms. The number of rotatable bonds is 5. The van der Waals surface area contributed by atoms with Gasteiger partial charge in [0.05, 0.1) is 0 Å². The molecule has 3 rings (SSSR count). The van der Waals surface area contributed by atoms with Crippen LogP contribution in [0.25, 0.3) is 0 Å². The number of piperazine rings is 1. The summed E-state index contributed by atoms with van der Waals surface area (Å²) in [7, 11) is 0. The van der Waals surface area contributed by atoms with E-state index in [1.165, 1.54) is 16.8 Å². The monoisotopic (exact) mass is 366 g/mol. The van der Waals surface area contributed by atoms with Crippen LogP contribution < -0.4 is 9.64 Å². The fraction of sp³-hybridized carbons (Fsp3) is 0.435. The summed E-state index contributed by atoms with van der Waals surface area (Å²) in [6.07, 6.45) is 0.427. The lowest BCUT2D eigenvalue weighted by atomic mass is 10.1. The molecule has 1 atom stereocenters. The van der Waals surface area contributed by atoms with Crippen LogP contribution in [0.3, 0.4) is 0 Å². The highest BCUT2D eigenvalue weighted by molar-refractivity contribution is 5.81. The molecule has 0 saturated carbocycles. The predicted molar refractivity (Wildman–Crippen MR) is 111 cm³/mol. The van der Waals surface area contributed by atoms with E-state index in [-0.39, 0.29) is 5.91 Å². The molecule has 2 aromatic rings. The number of hydrogen-bond acceptors (Lipinski definition) is 3. The molecule has 1 aliphatic rings. The van der Waals surface area contributed by atoms with E-state index in [1.54, 1.807) is 0 Å². The number of benzene rings is 2. The second kappa shape index (κ2) is 8.47. The van der Waals surface area contributed by atoms with Gasteiger partial charge in [-0.25, -0.2) is 0 Å². The molecule has 2 aromatic carbocycles. The van der Waals surface area contributed by atoms with Crippen LogP contribution in [0.5, 0.6) is 5.75 Å². The third-order valence-electron chi connectivity index (χ3n) is 5.51. The number of carbonyl (C=O) groups is 1. The van der Waals surface area contributed by atoms with E-state index in [9.17, 15) is 4.79 Å².